The van der Waals surface area contributed by atoms with Crippen LogP contribution >= 0.6 is 0 Å². The van der Waals surface area contributed by atoms with Gasteiger partial charge in [-0.25, -0.2) is 8.42 Å². The number of rotatable bonds is 3. The van der Waals surface area contributed by atoms with Crippen LogP contribution in [0.5, 0.6) is 0 Å². The van der Waals surface area contributed by atoms with E-state index in [1.165, 1.54) is 12.1 Å². The fourth-order valence-electron chi connectivity index (χ4n) is 0.933. The van der Waals surface area contributed by atoms with E-state index in [1.54, 1.807) is 18.2 Å². The first kappa shape index (κ1) is 11.5. The van der Waals surface area contributed by atoms with Gasteiger partial charge >= 0.3 is 0 Å². The number of hydrogen-bond donors (Lipinski definition) is 3. The minimum absolute atomic E-state index is 0.140. The summed E-state index contributed by atoms with van der Waals surface area (Å²) in [4.78, 5) is 0. The van der Waals surface area contributed by atoms with E-state index >= 15 is 0 Å². The Labute approximate surface area is 85.9 Å². The van der Waals surface area contributed by atoms with Gasteiger partial charge in [0.15, 0.2) is 22.2 Å². The van der Waals surface area contributed by atoms with Crippen LogP contribution in [0.1, 0.15) is 5.56 Å². The topological polar surface area (TPSA) is 101 Å². The molecule has 78 valence electrons. The van der Waals surface area contributed by atoms with Gasteiger partial charge in [-0.3, -0.25) is 5.73 Å². The zero-order valence-corrected chi connectivity index (χ0v) is 8.62. The van der Waals surface area contributed by atoms with Crippen molar-refractivity contribution in [2.75, 3.05) is 0 Å². The molecular formula is C7H9NO4S2. The Morgan fingerprint density at radius 3 is 1.86 bits per heavy atom. The lowest BCUT2D eigenvalue weighted by Gasteiger charge is -2.21. The summed E-state index contributed by atoms with van der Waals surface area (Å²) in [5.74, 6) is 0. The Kier molecular flexibility index (Phi) is 3.51. The molecule has 1 rings (SSSR count). The van der Waals surface area contributed by atoms with Gasteiger partial charge in [0.2, 0.25) is 4.20 Å². The Morgan fingerprint density at radius 2 is 1.50 bits per heavy atom. The van der Waals surface area contributed by atoms with Crippen molar-refractivity contribution in [3.8, 4) is 0 Å². The molecular weight excluding hydrogens is 226 g/mol. The van der Waals surface area contributed by atoms with Crippen molar-refractivity contribution in [2.24, 2.45) is 5.73 Å². The molecule has 0 aliphatic heterocycles. The SMILES string of the molecule is NC(c1ccccc1)(S(=O)O)S(=O)O. The molecule has 0 fully saturated rings. The summed E-state index contributed by atoms with van der Waals surface area (Å²) in [6.45, 7) is 0. The molecule has 0 radical (unpaired) electrons. The fraction of sp³-hybridized carbons (Fsp3) is 0.143. The first-order valence-corrected chi connectivity index (χ1v) is 5.77. The Bertz CT molecular complexity index is 353. The van der Waals surface area contributed by atoms with Crippen LogP contribution in [-0.4, -0.2) is 17.5 Å². The van der Waals surface area contributed by atoms with Crippen molar-refractivity contribution in [1.82, 2.24) is 0 Å². The molecule has 2 unspecified atom stereocenters. The van der Waals surface area contributed by atoms with Gasteiger partial charge in [0.05, 0.1) is 0 Å². The molecule has 0 spiro atoms. The molecule has 4 N–H and O–H groups in total. The second kappa shape index (κ2) is 4.28. The fourth-order valence-corrected chi connectivity index (χ4v) is 2.10. The maximum absolute atomic E-state index is 10.9. The summed E-state index contributed by atoms with van der Waals surface area (Å²) in [6.07, 6.45) is 0. The van der Waals surface area contributed by atoms with Gasteiger partial charge in [-0.1, -0.05) is 30.3 Å². The van der Waals surface area contributed by atoms with Gasteiger partial charge < -0.3 is 9.11 Å². The zero-order chi connectivity index (χ0) is 10.8. The van der Waals surface area contributed by atoms with Gasteiger partial charge in [-0.15, -0.1) is 0 Å². The molecule has 0 aliphatic rings. The van der Waals surface area contributed by atoms with Crippen molar-refractivity contribution in [1.29, 1.82) is 0 Å². The molecule has 0 heterocycles. The highest BCUT2D eigenvalue weighted by molar-refractivity contribution is 7.98. The van der Waals surface area contributed by atoms with Crippen LogP contribution in [0.2, 0.25) is 0 Å². The first-order chi connectivity index (χ1) is 6.49. The summed E-state index contributed by atoms with van der Waals surface area (Å²) in [5, 5.41) is 0. The lowest BCUT2D eigenvalue weighted by molar-refractivity contribution is 0.511. The molecule has 0 saturated carbocycles. The second-order valence-corrected chi connectivity index (χ2v) is 5.07. The van der Waals surface area contributed by atoms with Gasteiger partial charge in [0, 0.05) is 5.56 Å². The lowest BCUT2D eigenvalue weighted by atomic mass is 10.2. The van der Waals surface area contributed by atoms with Crippen molar-refractivity contribution < 1.29 is 17.5 Å². The van der Waals surface area contributed by atoms with Gasteiger partial charge in [0.1, 0.15) is 0 Å². The van der Waals surface area contributed by atoms with Gasteiger partial charge in [0.25, 0.3) is 0 Å². The van der Waals surface area contributed by atoms with E-state index in [-0.39, 0.29) is 5.56 Å². The average Bonchev–Trinajstić information content (AvgIpc) is 2.17. The minimum atomic E-state index is -2.62. The highest BCUT2D eigenvalue weighted by Gasteiger charge is 2.40. The van der Waals surface area contributed by atoms with E-state index < -0.39 is 26.4 Å². The molecule has 1 aromatic carbocycles. The van der Waals surface area contributed by atoms with Crippen LogP contribution in [-0.2, 0) is 26.4 Å². The molecule has 1 aromatic rings. The third kappa shape index (κ3) is 1.91. The average molecular weight is 235 g/mol. The summed E-state index contributed by atoms with van der Waals surface area (Å²) in [5.41, 5.74) is 5.55. The molecule has 0 amide bonds. The molecule has 5 nitrogen and oxygen atoms in total. The van der Waals surface area contributed by atoms with Crippen LogP contribution < -0.4 is 5.73 Å². The molecule has 0 saturated heterocycles. The van der Waals surface area contributed by atoms with Crippen LogP contribution in [0.3, 0.4) is 0 Å². The van der Waals surface area contributed by atoms with Crippen LogP contribution in [0.25, 0.3) is 0 Å². The van der Waals surface area contributed by atoms with Crippen LogP contribution in [0.15, 0.2) is 30.3 Å². The number of nitrogens with two attached hydrogens (primary N) is 1. The summed E-state index contributed by atoms with van der Waals surface area (Å²) in [7, 11) is 0. The Balaban J connectivity index is 3.27. The largest absolute Gasteiger partial charge is 0.304 e. The predicted molar refractivity (Wildman–Crippen MR) is 53.8 cm³/mol. The molecule has 0 bridgehead atoms. The number of benzene rings is 1. The van der Waals surface area contributed by atoms with Crippen LogP contribution in [0.4, 0.5) is 0 Å². The summed E-state index contributed by atoms with van der Waals surface area (Å²) in [6, 6.07) is 7.64. The monoisotopic (exact) mass is 235 g/mol. The zero-order valence-electron chi connectivity index (χ0n) is 6.99. The van der Waals surface area contributed by atoms with E-state index in [1.807, 2.05) is 0 Å². The molecule has 0 aromatic heterocycles. The summed E-state index contributed by atoms with van der Waals surface area (Å²) < 4.78 is 37.4. The van der Waals surface area contributed by atoms with Gasteiger partial charge in [-0.2, -0.15) is 0 Å². The molecule has 2 atom stereocenters. The smallest absolute Gasteiger partial charge is 0.245 e. The third-order valence-electron chi connectivity index (χ3n) is 1.69. The maximum atomic E-state index is 10.9. The quantitative estimate of drug-likeness (QED) is 0.650. The van der Waals surface area contributed by atoms with E-state index in [0.717, 1.165) is 0 Å². The minimum Gasteiger partial charge on any atom is -0.304 e. The van der Waals surface area contributed by atoms with Crippen molar-refractivity contribution in [3.63, 3.8) is 0 Å². The maximum Gasteiger partial charge on any atom is 0.245 e. The first-order valence-electron chi connectivity index (χ1n) is 3.56. The number of hydrogen-bond acceptors (Lipinski definition) is 3. The second-order valence-electron chi connectivity index (χ2n) is 2.53. The molecule has 0 aliphatic carbocycles. The Morgan fingerprint density at radius 1 is 1.07 bits per heavy atom. The lowest BCUT2D eigenvalue weighted by Crippen LogP contribution is -2.44. The summed E-state index contributed by atoms with van der Waals surface area (Å²) >= 11 is -5.24. The highest BCUT2D eigenvalue weighted by Crippen LogP contribution is 2.23. The molecule has 7 heteroatoms. The van der Waals surface area contributed by atoms with Crippen molar-refractivity contribution in [3.05, 3.63) is 35.9 Å². The standard InChI is InChI=1S/C7H9NO4S2/c8-7(13(9)10,14(11)12)6-4-2-1-3-5-6/h1-5H,8H2,(H,9,10)(H,11,12). The van der Waals surface area contributed by atoms with E-state index in [2.05, 4.69) is 0 Å². The van der Waals surface area contributed by atoms with Crippen molar-refractivity contribution in [2.45, 2.75) is 4.20 Å². The van der Waals surface area contributed by atoms with E-state index in [4.69, 9.17) is 14.8 Å². The van der Waals surface area contributed by atoms with Crippen LogP contribution in [0, 0.1) is 0 Å². The van der Waals surface area contributed by atoms with E-state index in [0.29, 0.717) is 0 Å². The third-order valence-corrected chi connectivity index (χ3v) is 4.06. The predicted octanol–water partition coefficient (Wildman–Crippen LogP) is 0.199. The Hall–Kier alpha value is -0.600. The van der Waals surface area contributed by atoms with Crippen molar-refractivity contribution >= 4 is 22.2 Å². The highest BCUT2D eigenvalue weighted by atomic mass is 32.3. The van der Waals surface area contributed by atoms with E-state index in [9.17, 15) is 8.42 Å². The normalized spacial score (nSPS) is 19.6. The van der Waals surface area contributed by atoms with Gasteiger partial charge in [-0.05, 0) is 0 Å². The molecule has 14 heavy (non-hydrogen) atoms.